The summed E-state index contributed by atoms with van der Waals surface area (Å²) in [5.74, 6) is 0.489. The summed E-state index contributed by atoms with van der Waals surface area (Å²) in [5.41, 5.74) is 5.62. The van der Waals surface area contributed by atoms with Crippen molar-refractivity contribution in [3.8, 4) is 0 Å². The minimum atomic E-state index is -0.355. The Labute approximate surface area is 176 Å². The van der Waals surface area contributed by atoms with Gasteiger partial charge in [-0.15, -0.1) is 0 Å². The molecular weight excluding hydrogens is 360 g/mol. The van der Waals surface area contributed by atoms with Crippen molar-refractivity contribution in [3.05, 3.63) is 65.3 Å². The number of rotatable bonds is 11. The van der Waals surface area contributed by atoms with Crippen LogP contribution in [0.4, 0.5) is 0 Å². The summed E-state index contributed by atoms with van der Waals surface area (Å²) in [4.78, 5) is 11.6. The van der Waals surface area contributed by atoms with Crippen LogP contribution < -0.4 is 0 Å². The molecule has 0 aromatic heterocycles. The van der Waals surface area contributed by atoms with E-state index in [-0.39, 0.29) is 18.5 Å². The molecule has 0 saturated carbocycles. The van der Waals surface area contributed by atoms with Crippen molar-refractivity contribution < 1.29 is 14.6 Å². The van der Waals surface area contributed by atoms with E-state index in [0.29, 0.717) is 30.9 Å². The van der Waals surface area contributed by atoms with Gasteiger partial charge in [-0.25, -0.2) is 4.79 Å². The van der Waals surface area contributed by atoms with E-state index >= 15 is 0 Å². The zero-order valence-electron chi connectivity index (χ0n) is 18.2. The fourth-order valence-corrected chi connectivity index (χ4v) is 3.94. The standard InChI is InChI=1S/C26H36O3/c1-5-6-7-21-8-13-25(20(4)18-21)24-11-9-22(10-12-24)23(14-16-27)15-17-29-26(28)19(2)3/h8-13,21,23,27H,2,5-7,14-18H2,1,3-4H3. The Kier molecular flexibility index (Phi) is 9.40. The lowest BCUT2D eigenvalue weighted by atomic mass is 9.84. The summed E-state index contributed by atoms with van der Waals surface area (Å²) in [7, 11) is 0. The van der Waals surface area contributed by atoms with Crippen LogP contribution >= 0.6 is 0 Å². The van der Waals surface area contributed by atoms with Gasteiger partial charge in [0.1, 0.15) is 0 Å². The van der Waals surface area contributed by atoms with Crippen LogP contribution in [-0.4, -0.2) is 24.3 Å². The number of hydrogen-bond donors (Lipinski definition) is 1. The molecule has 158 valence electrons. The number of carbonyl (C=O) groups excluding carboxylic acids is 1. The van der Waals surface area contributed by atoms with E-state index < -0.39 is 0 Å². The van der Waals surface area contributed by atoms with E-state index in [1.807, 2.05) is 0 Å². The molecule has 2 rings (SSSR count). The van der Waals surface area contributed by atoms with Gasteiger partial charge in [-0.3, -0.25) is 0 Å². The minimum absolute atomic E-state index is 0.118. The lowest BCUT2D eigenvalue weighted by Gasteiger charge is -2.21. The Bertz CT molecular complexity index is 740. The minimum Gasteiger partial charge on any atom is -0.462 e. The first-order valence-corrected chi connectivity index (χ1v) is 10.9. The Morgan fingerprint density at radius 3 is 2.59 bits per heavy atom. The van der Waals surface area contributed by atoms with Gasteiger partial charge < -0.3 is 9.84 Å². The zero-order valence-corrected chi connectivity index (χ0v) is 18.2. The lowest BCUT2D eigenvalue weighted by molar-refractivity contribution is -0.139. The maximum absolute atomic E-state index is 11.6. The van der Waals surface area contributed by atoms with E-state index in [2.05, 4.69) is 56.8 Å². The number of carbonyl (C=O) groups is 1. The summed E-state index contributed by atoms with van der Waals surface area (Å²) in [5, 5.41) is 9.44. The lowest BCUT2D eigenvalue weighted by Crippen LogP contribution is -2.11. The molecule has 0 heterocycles. The van der Waals surface area contributed by atoms with Gasteiger partial charge in [0, 0.05) is 12.2 Å². The molecular formula is C26H36O3. The van der Waals surface area contributed by atoms with Gasteiger partial charge in [-0.1, -0.05) is 68.3 Å². The molecule has 0 aliphatic heterocycles. The number of aliphatic hydroxyl groups is 1. The average Bonchev–Trinajstić information content (AvgIpc) is 2.71. The molecule has 1 aromatic rings. The molecule has 0 radical (unpaired) electrons. The molecule has 3 nitrogen and oxygen atoms in total. The maximum atomic E-state index is 11.6. The molecule has 3 heteroatoms. The molecule has 2 atom stereocenters. The fourth-order valence-electron chi connectivity index (χ4n) is 3.94. The highest BCUT2D eigenvalue weighted by Gasteiger charge is 2.16. The van der Waals surface area contributed by atoms with Gasteiger partial charge in [0.05, 0.1) is 6.61 Å². The second kappa shape index (κ2) is 11.8. The molecule has 29 heavy (non-hydrogen) atoms. The Balaban J connectivity index is 2.02. The first-order chi connectivity index (χ1) is 14.0. The number of unbranched alkanes of at least 4 members (excludes halogenated alkanes) is 1. The molecule has 0 saturated heterocycles. The van der Waals surface area contributed by atoms with Crippen molar-refractivity contribution in [1.29, 1.82) is 0 Å². The largest absolute Gasteiger partial charge is 0.462 e. The van der Waals surface area contributed by atoms with Crippen LogP contribution in [0.25, 0.3) is 5.57 Å². The molecule has 0 bridgehead atoms. The van der Waals surface area contributed by atoms with Gasteiger partial charge >= 0.3 is 5.97 Å². The Morgan fingerprint density at radius 2 is 2.00 bits per heavy atom. The van der Waals surface area contributed by atoms with Crippen LogP contribution in [-0.2, 0) is 9.53 Å². The predicted octanol–water partition coefficient (Wildman–Crippen LogP) is 6.20. The predicted molar refractivity (Wildman–Crippen MR) is 121 cm³/mol. The van der Waals surface area contributed by atoms with Crippen LogP contribution in [0.3, 0.4) is 0 Å². The van der Waals surface area contributed by atoms with Gasteiger partial charge in [0.25, 0.3) is 0 Å². The van der Waals surface area contributed by atoms with Crippen LogP contribution in [0.5, 0.6) is 0 Å². The quantitative estimate of drug-likeness (QED) is 0.358. The molecule has 0 spiro atoms. The molecule has 1 aliphatic carbocycles. The first-order valence-electron chi connectivity index (χ1n) is 10.9. The van der Waals surface area contributed by atoms with Crippen molar-refractivity contribution in [2.75, 3.05) is 13.2 Å². The molecule has 2 unspecified atom stereocenters. The Morgan fingerprint density at radius 1 is 1.28 bits per heavy atom. The van der Waals surface area contributed by atoms with Crippen LogP contribution in [0.1, 0.15) is 76.3 Å². The third-order valence-electron chi connectivity index (χ3n) is 5.71. The number of aliphatic hydroxyl groups excluding tert-OH is 1. The smallest absolute Gasteiger partial charge is 0.333 e. The molecule has 1 N–H and O–H groups in total. The van der Waals surface area contributed by atoms with Crippen molar-refractivity contribution in [1.82, 2.24) is 0 Å². The number of benzene rings is 1. The number of ether oxygens (including phenoxy) is 1. The summed E-state index contributed by atoms with van der Waals surface area (Å²) in [6, 6.07) is 8.64. The summed E-state index contributed by atoms with van der Waals surface area (Å²) < 4.78 is 5.24. The topological polar surface area (TPSA) is 46.5 Å². The SMILES string of the molecule is C=C(C)C(=O)OCCC(CCO)c1ccc(C2=C(C)CC(CCCC)C=C2)cc1. The van der Waals surface area contributed by atoms with Crippen molar-refractivity contribution >= 4 is 11.5 Å². The highest BCUT2D eigenvalue weighted by atomic mass is 16.5. The summed E-state index contributed by atoms with van der Waals surface area (Å²) in [6.45, 7) is 10.2. The van der Waals surface area contributed by atoms with E-state index in [4.69, 9.17) is 4.74 Å². The van der Waals surface area contributed by atoms with E-state index in [1.165, 1.54) is 41.5 Å². The highest BCUT2D eigenvalue weighted by Crippen LogP contribution is 2.33. The molecule has 1 aliphatic rings. The van der Waals surface area contributed by atoms with E-state index in [0.717, 1.165) is 6.42 Å². The summed E-state index contributed by atoms with van der Waals surface area (Å²) >= 11 is 0. The zero-order chi connectivity index (χ0) is 21.2. The van der Waals surface area contributed by atoms with Gasteiger partial charge in [-0.2, -0.15) is 0 Å². The van der Waals surface area contributed by atoms with E-state index in [1.54, 1.807) is 6.92 Å². The third-order valence-corrected chi connectivity index (χ3v) is 5.71. The van der Waals surface area contributed by atoms with Crippen molar-refractivity contribution in [2.24, 2.45) is 5.92 Å². The van der Waals surface area contributed by atoms with Crippen molar-refractivity contribution in [2.45, 2.75) is 65.2 Å². The van der Waals surface area contributed by atoms with Crippen LogP contribution in [0.2, 0.25) is 0 Å². The van der Waals surface area contributed by atoms with Gasteiger partial charge in [0.2, 0.25) is 0 Å². The second-order valence-corrected chi connectivity index (χ2v) is 8.20. The third kappa shape index (κ3) is 7.01. The number of hydrogen-bond acceptors (Lipinski definition) is 3. The fraction of sp³-hybridized carbons (Fsp3) is 0.500. The summed E-state index contributed by atoms with van der Waals surface area (Å²) in [6.07, 6.45) is 11.0. The Hall–Kier alpha value is -2.13. The second-order valence-electron chi connectivity index (χ2n) is 8.20. The van der Waals surface area contributed by atoms with Crippen molar-refractivity contribution in [3.63, 3.8) is 0 Å². The number of esters is 1. The van der Waals surface area contributed by atoms with Gasteiger partial charge in [0.15, 0.2) is 0 Å². The van der Waals surface area contributed by atoms with E-state index in [9.17, 15) is 9.90 Å². The monoisotopic (exact) mass is 396 g/mol. The molecule has 0 fully saturated rings. The number of allylic oxidation sites excluding steroid dienone is 4. The van der Waals surface area contributed by atoms with Gasteiger partial charge in [-0.05, 0) is 68.1 Å². The maximum Gasteiger partial charge on any atom is 0.333 e. The first kappa shape index (κ1) is 23.2. The average molecular weight is 397 g/mol. The normalized spacial score (nSPS) is 17.3. The highest BCUT2D eigenvalue weighted by molar-refractivity contribution is 5.86. The van der Waals surface area contributed by atoms with Crippen LogP contribution in [0.15, 0.2) is 54.1 Å². The molecule has 0 amide bonds. The molecule has 1 aromatic carbocycles. The van der Waals surface area contributed by atoms with Crippen LogP contribution in [0, 0.1) is 5.92 Å².